The number of carbonyl (C=O) groups excluding carboxylic acids is 1. The fourth-order valence-corrected chi connectivity index (χ4v) is 1.99. The van der Waals surface area contributed by atoms with Crippen molar-refractivity contribution in [2.24, 2.45) is 5.73 Å². The molecule has 2 aromatic rings. The number of benzene rings is 2. The third kappa shape index (κ3) is 4.08. The van der Waals surface area contributed by atoms with Crippen LogP contribution in [0.4, 0.5) is 16.2 Å². The lowest BCUT2D eigenvalue weighted by molar-refractivity contribution is 0.262. The molecule has 0 fully saturated rings. The van der Waals surface area contributed by atoms with E-state index < -0.39 is 0 Å². The van der Waals surface area contributed by atoms with Gasteiger partial charge in [0.2, 0.25) is 0 Å². The lowest BCUT2D eigenvalue weighted by Crippen LogP contribution is -2.19. The quantitative estimate of drug-likeness (QED) is 0.791. The summed E-state index contributed by atoms with van der Waals surface area (Å²) in [6.45, 7) is 1.90. The van der Waals surface area contributed by atoms with Gasteiger partial charge in [-0.25, -0.2) is 4.79 Å². The molecular weight excluding hydrogens is 318 g/mol. The topological polar surface area (TPSA) is 67.1 Å². The van der Waals surface area contributed by atoms with Crippen LogP contribution in [0.3, 0.4) is 0 Å². The number of halogens is 1. The summed E-state index contributed by atoms with van der Waals surface area (Å²) in [4.78, 5) is 11.9. The second kappa shape index (κ2) is 6.54. The summed E-state index contributed by atoms with van der Waals surface area (Å²) in [7, 11) is 0. The molecule has 2 amide bonds. The highest BCUT2D eigenvalue weighted by molar-refractivity contribution is 9.10. The molecule has 0 saturated carbocycles. The van der Waals surface area contributed by atoms with Crippen LogP contribution in [-0.4, -0.2) is 6.03 Å². The fraction of sp³-hybridized carbons (Fsp3) is 0.133. The van der Waals surface area contributed by atoms with E-state index in [0.717, 1.165) is 21.4 Å². The molecule has 4 N–H and O–H groups in total. The lowest BCUT2D eigenvalue weighted by atomic mass is 10.1. The van der Waals surface area contributed by atoms with Crippen molar-refractivity contribution in [1.82, 2.24) is 0 Å². The van der Waals surface area contributed by atoms with E-state index in [-0.39, 0.29) is 12.1 Å². The maximum Gasteiger partial charge on any atom is 0.323 e. The van der Waals surface area contributed by atoms with Gasteiger partial charge in [0.25, 0.3) is 0 Å². The van der Waals surface area contributed by atoms with E-state index in [1.807, 2.05) is 55.5 Å². The Balaban J connectivity index is 2.01. The highest BCUT2D eigenvalue weighted by Gasteiger charge is 2.05. The SMILES string of the molecule is CC(N)c1cccc(NC(=O)Nc2ccc(Br)cc2)c1. The maximum absolute atomic E-state index is 11.9. The zero-order valence-electron chi connectivity index (χ0n) is 11.1. The zero-order valence-corrected chi connectivity index (χ0v) is 12.6. The Labute approximate surface area is 126 Å². The summed E-state index contributed by atoms with van der Waals surface area (Å²) in [6, 6.07) is 14.5. The molecule has 1 atom stereocenters. The molecule has 0 spiro atoms. The van der Waals surface area contributed by atoms with Crippen molar-refractivity contribution >= 4 is 33.3 Å². The van der Waals surface area contributed by atoms with Gasteiger partial charge in [-0.3, -0.25) is 0 Å². The highest BCUT2D eigenvalue weighted by atomic mass is 79.9. The average Bonchev–Trinajstić information content (AvgIpc) is 2.41. The largest absolute Gasteiger partial charge is 0.324 e. The van der Waals surface area contributed by atoms with Gasteiger partial charge in [0.05, 0.1) is 0 Å². The van der Waals surface area contributed by atoms with E-state index in [0.29, 0.717) is 0 Å². The number of urea groups is 1. The second-order valence-electron chi connectivity index (χ2n) is 4.50. The number of hydrogen-bond donors (Lipinski definition) is 3. The minimum Gasteiger partial charge on any atom is -0.324 e. The molecule has 2 rings (SSSR count). The Morgan fingerprint density at radius 3 is 2.40 bits per heavy atom. The smallest absolute Gasteiger partial charge is 0.323 e. The minimum atomic E-state index is -0.283. The highest BCUT2D eigenvalue weighted by Crippen LogP contribution is 2.17. The summed E-state index contributed by atoms with van der Waals surface area (Å²) in [5, 5.41) is 5.55. The Morgan fingerprint density at radius 1 is 1.10 bits per heavy atom. The first kappa shape index (κ1) is 14.6. The Morgan fingerprint density at radius 2 is 1.75 bits per heavy atom. The van der Waals surface area contributed by atoms with Crippen molar-refractivity contribution in [2.45, 2.75) is 13.0 Å². The summed E-state index contributed by atoms with van der Waals surface area (Å²) >= 11 is 3.35. The van der Waals surface area contributed by atoms with Gasteiger partial charge in [0.15, 0.2) is 0 Å². The third-order valence-electron chi connectivity index (χ3n) is 2.77. The summed E-state index contributed by atoms with van der Waals surface area (Å²) in [6.07, 6.45) is 0. The molecule has 0 aromatic heterocycles. The first-order valence-corrected chi connectivity index (χ1v) is 7.03. The van der Waals surface area contributed by atoms with Gasteiger partial charge in [-0.05, 0) is 48.9 Å². The van der Waals surface area contributed by atoms with Crippen LogP contribution in [0.25, 0.3) is 0 Å². The molecule has 4 nitrogen and oxygen atoms in total. The van der Waals surface area contributed by atoms with Crippen molar-refractivity contribution in [3.63, 3.8) is 0 Å². The maximum atomic E-state index is 11.9. The van der Waals surface area contributed by atoms with Crippen molar-refractivity contribution < 1.29 is 4.79 Å². The predicted octanol–water partition coefficient (Wildman–Crippen LogP) is 4.11. The lowest BCUT2D eigenvalue weighted by Gasteiger charge is -2.10. The van der Waals surface area contributed by atoms with Gasteiger partial charge in [-0.1, -0.05) is 28.1 Å². The van der Waals surface area contributed by atoms with Crippen molar-refractivity contribution in [3.8, 4) is 0 Å². The van der Waals surface area contributed by atoms with Crippen LogP contribution in [0.5, 0.6) is 0 Å². The normalized spacial score (nSPS) is 11.8. The van der Waals surface area contributed by atoms with Gasteiger partial charge >= 0.3 is 6.03 Å². The van der Waals surface area contributed by atoms with Gasteiger partial charge < -0.3 is 16.4 Å². The molecule has 0 aliphatic heterocycles. The van der Waals surface area contributed by atoms with E-state index in [1.165, 1.54) is 0 Å². The molecule has 0 aliphatic rings. The molecule has 0 aliphatic carbocycles. The molecule has 0 bridgehead atoms. The van der Waals surface area contributed by atoms with Crippen LogP contribution in [0, 0.1) is 0 Å². The standard InChI is InChI=1S/C15H16BrN3O/c1-10(17)11-3-2-4-14(9-11)19-15(20)18-13-7-5-12(16)6-8-13/h2-10H,17H2,1H3,(H2,18,19,20). The van der Waals surface area contributed by atoms with Crippen LogP contribution >= 0.6 is 15.9 Å². The number of carbonyl (C=O) groups is 1. The second-order valence-corrected chi connectivity index (χ2v) is 5.42. The van der Waals surface area contributed by atoms with Gasteiger partial charge in [-0.2, -0.15) is 0 Å². The predicted molar refractivity (Wildman–Crippen MR) is 85.8 cm³/mol. The van der Waals surface area contributed by atoms with E-state index in [2.05, 4.69) is 26.6 Å². The van der Waals surface area contributed by atoms with Crippen LogP contribution in [-0.2, 0) is 0 Å². The first-order chi connectivity index (χ1) is 9.54. The zero-order chi connectivity index (χ0) is 14.5. The first-order valence-electron chi connectivity index (χ1n) is 6.24. The van der Waals surface area contributed by atoms with Gasteiger partial charge in [0, 0.05) is 21.9 Å². The molecular formula is C15H16BrN3O. The minimum absolute atomic E-state index is 0.0636. The molecule has 1 unspecified atom stereocenters. The Kier molecular flexibility index (Phi) is 4.76. The molecule has 20 heavy (non-hydrogen) atoms. The van der Waals surface area contributed by atoms with Gasteiger partial charge in [-0.15, -0.1) is 0 Å². The summed E-state index contributed by atoms with van der Waals surface area (Å²) in [5.74, 6) is 0. The molecule has 0 saturated heterocycles. The number of anilines is 2. The van der Waals surface area contributed by atoms with Crippen LogP contribution in [0.2, 0.25) is 0 Å². The molecule has 0 radical (unpaired) electrons. The fourth-order valence-electron chi connectivity index (χ4n) is 1.73. The number of rotatable bonds is 3. The summed E-state index contributed by atoms with van der Waals surface area (Å²) in [5.41, 5.74) is 8.24. The Bertz CT molecular complexity index is 596. The third-order valence-corrected chi connectivity index (χ3v) is 3.30. The van der Waals surface area contributed by atoms with Crippen LogP contribution < -0.4 is 16.4 Å². The number of hydrogen-bond acceptors (Lipinski definition) is 2. The monoisotopic (exact) mass is 333 g/mol. The molecule has 104 valence electrons. The average molecular weight is 334 g/mol. The van der Waals surface area contributed by atoms with Crippen LogP contribution in [0.1, 0.15) is 18.5 Å². The number of amides is 2. The van der Waals surface area contributed by atoms with E-state index in [1.54, 1.807) is 0 Å². The van der Waals surface area contributed by atoms with E-state index in [4.69, 9.17) is 5.73 Å². The number of nitrogens with two attached hydrogens (primary N) is 1. The molecule has 0 heterocycles. The van der Waals surface area contributed by atoms with Crippen molar-refractivity contribution in [3.05, 3.63) is 58.6 Å². The van der Waals surface area contributed by atoms with E-state index >= 15 is 0 Å². The molecule has 5 heteroatoms. The van der Waals surface area contributed by atoms with Crippen molar-refractivity contribution in [1.29, 1.82) is 0 Å². The van der Waals surface area contributed by atoms with Gasteiger partial charge in [0.1, 0.15) is 0 Å². The van der Waals surface area contributed by atoms with Crippen molar-refractivity contribution in [2.75, 3.05) is 10.6 Å². The molecule has 2 aromatic carbocycles. The van der Waals surface area contributed by atoms with Crippen LogP contribution in [0.15, 0.2) is 53.0 Å². The Hall–Kier alpha value is -1.85. The van der Waals surface area contributed by atoms with E-state index in [9.17, 15) is 4.79 Å². The summed E-state index contributed by atoms with van der Waals surface area (Å²) < 4.78 is 0.966. The number of nitrogens with one attached hydrogen (secondary N) is 2.